The van der Waals surface area contributed by atoms with Gasteiger partial charge in [-0.3, -0.25) is 9.59 Å². The summed E-state index contributed by atoms with van der Waals surface area (Å²) < 4.78 is 5.66. The Balaban J connectivity index is 1.36. The molecule has 1 heterocycles. The second-order valence-electron chi connectivity index (χ2n) is 9.53. The summed E-state index contributed by atoms with van der Waals surface area (Å²) >= 11 is 0. The minimum Gasteiger partial charge on any atom is -0.481 e. The monoisotopic (exact) mass is 478 g/mol. The Morgan fingerprint density at radius 2 is 1.63 bits per heavy atom. The minimum atomic E-state index is -0.799. The van der Waals surface area contributed by atoms with Crippen LogP contribution in [0.5, 0.6) is 0 Å². The Labute approximate surface area is 206 Å². The number of nitrogens with zero attached hydrogens (tertiary/aromatic N) is 1. The van der Waals surface area contributed by atoms with Gasteiger partial charge in [-0.2, -0.15) is 0 Å². The number of unbranched alkanes of at least 4 members (excludes halogenated alkanes) is 1. The minimum absolute atomic E-state index is 0.0359. The van der Waals surface area contributed by atoms with Crippen molar-refractivity contribution in [1.29, 1.82) is 0 Å². The summed E-state index contributed by atoms with van der Waals surface area (Å²) in [5, 5.41) is 11.8. The molecule has 2 aromatic carbocycles. The molecule has 1 aliphatic carbocycles. The number of fused-ring (bicyclic) bond motifs is 3. The van der Waals surface area contributed by atoms with E-state index in [1.807, 2.05) is 31.2 Å². The molecule has 186 valence electrons. The summed E-state index contributed by atoms with van der Waals surface area (Å²) in [6.07, 6.45) is 3.18. The fourth-order valence-corrected chi connectivity index (χ4v) is 5.27. The summed E-state index contributed by atoms with van der Waals surface area (Å²) in [6.45, 7) is 3.29. The first-order chi connectivity index (χ1) is 17.0. The van der Waals surface area contributed by atoms with Gasteiger partial charge in [0.2, 0.25) is 5.91 Å². The molecule has 1 aliphatic heterocycles. The number of carboxylic acid groups (broad SMARTS) is 1. The van der Waals surface area contributed by atoms with Crippen LogP contribution in [0.3, 0.4) is 0 Å². The average molecular weight is 479 g/mol. The summed E-state index contributed by atoms with van der Waals surface area (Å²) in [6, 6.07) is 15.7. The SMILES string of the molecule is CCCCC(NC(=O)OCC1c2ccccc2-c2ccccc21)C(=O)N1CCC(CC(=O)O)CC1. The van der Waals surface area contributed by atoms with E-state index in [0.717, 1.165) is 24.0 Å². The Morgan fingerprint density at radius 1 is 1.03 bits per heavy atom. The third-order valence-electron chi connectivity index (χ3n) is 7.17. The third-order valence-corrected chi connectivity index (χ3v) is 7.17. The molecule has 0 bridgehead atoms. The first-order valence-electron chi connectivity index (χ1n) is 12.6. The smallest absolute Gasteiger partial charge is 0.407 e. The number of nitrogens with one attached hydrogen (secondary N) is 1. The predicted octanol–water partition coefficient (Wildman–Crippen LogP) is 4.80. The van der Waals surface area contributed by atoms with Gasteiger partial charge < -0.3 is 20.1 Å². The van der Waals surface area contributed by atoms with Gasteiger partial charge in [0, 0.05) is 25.4 Å². The number of benzene rings is 2. The molecule has 35 heavy (non-hydrogen) atoms. The number of amides is 2. The number of aliphatic carboxylic acids is 1. The molecule has 4 rings (SSSR count). The maximum absolute atomic E-state index is 13.2. The number of ether oxygens (including phenoxy) is 1. The van der Waals surface area contributed by atoms with Crippen LogP contribution < -0.4 is 5.32 Å². The molecule has 0 aromatic heterocycles. The number of hydrogen-bond acceptors (Lipinski definition) is 4. The van der Waals surface area contributed by atoms with Crippen molar-refractivity contribution in [3.63, 3.8) is 0 Å². The molecule has 2 amide bonds. The molecular formula is C28H34N2O5. The lowest BCUT2D eigenvalue weighted by Gasteiger charge is -2.34. The van der Waals surface area contributed by atoms with Crippen molar-refractivity contribution < 1.29 is 24.2 Å². The van der Waals surface area contributed by atoms with E-state index < -0.39 is 18.1 Å². The summed E-state index contributed by atoms with van der Waals surface area (Å²) in [4.78, 5) is 38.7. The van der Waals surface area contributed by atoms with E-state index in [2.05, 4.69) is 29.6 Å². The zero-order valence-corrected chi connectivity index (χ0v) is 20.2. The van der Waals surface area contributed by atoms with Crippen molar-refractivity contribution in [3.05, 3.63) is 59.7 Å². The van der Waals surface area contributed by atoms with Crippen molar-refractivity contribution in [2.45, 2.75) is 57.4 Å². The number of carboxylic acids is 1. The average Bonchev–Trinajstić information content (AvgIpc) is 3.18. The lowest BCUT2D eigenvalue weighted by atomic mass is 9.93. The van der Waals surface area contributed by atoms with Crippen LogP contribution in [0.15, 0.2) is 48.5 Å². The largest absolute Gasteiger partial charge is 0.481 e. The lowest BCUT2D eigenvalue weighted by molar-refractivity contribution is -0.139. The van der Waals surface area contributed by atoms with Crippen LogP contribution in [0.1, 0.15) is 62.5 Å². The molecular weight excluding hydrogens is 444 g/mol. The number of piperidine rings is 1. The van der Waals surface area contributed by atoms with E-state index in [9.17, 15) is 14.4 Å². The molecule has 1 unspecified atom stereocenters. The van der Waals surface area contributed by atoms with Gasteiger partial charge in [0.25, 0.3) is 0 Å². The third kappa shape index (κ3) is 5.84. The fourth-order valence-electron chi connectivity index (χ4n) is 5.27. The molecule has 2 N–H and O–H groups in total. The first-order valence-corrected chi connectivity index (χ1v) is 12.6. The van der Waals surface area contributed by atoms with Crippen LogP contribution in [-0.4, -0.2) is 53.7 Å². The second-order valence-corrected chi connectivity index (χ2v) is 9.53. The van der Waals surface area contributed by atoms with Crippen LogP contribution in [-0.2, 0) is 14.3 Å². The Bertz CT molecular complexity index is 1020. The maximum Gasteiger partial charge on any atom is 0.407 e. The molecule has 2 aliphatic rings. The topological polar surface area (TPSA) is 95.9 Å². The molecule has 0 radical (unpaired) electrons. The molecule has 7 heteroatoms. The molecule has 0 spiro atoms. The van der Waals surface area contributed by atoms with Crippen molar-refractivity contribution >= 4 is 18.0 Å². The number of carbonyl (C=O) groups is 3. The fraction of sp³-hybridized carbons (Fsp3) is 0.464. The van der Waals surface area contributed by atoms with E-state index in [1.165, 1.54) is 11.1 Å². The zero-order chi connectivity index (χ0) is 24.8. The Kier molecular flexibility index (Phi) is 8.06. The molecule has 1 fully saturated rings. The van der Waals surface area contributed by atoms with Crippen molar-refractivity contribution in [2.75, 3.05) is 19.7 Å². The highest BCUT2D eigenvalue weighted by Crippen LogP contribution is 2.44. The van der Waals surface area contributed by atoms with Gasteiger partial charge in [0.05, 0.1) is 0 Å². The summed E-state index contributed by atoms with van der Waals surface area (Å²) in [7, 11) is 0. The van der Waals surface area contributed by atoms with E-state index in [1.54, 1.807) is 4.90 Å². The van der Waals surface area contributed by atoms with Crippen LogP contribution in [0.4, 0.5) is 4.79 Å². The molecule has 0 saturated carbocycles. The predicted molar refractivity (Wildman–Crippen MR) is 133 cm³/mol. The van der Waals surface area contributed by atoms with E-state index >= 15 is 0 Å². The van der Waals surface area contributed by atoms with Gasteiger partial charge in [-0.15, -0.1) is 0 Å². The lowest BCUT2D eigenvalue weighted by Crippen LogP contribution is -2.51. The van der Waals surface area contributed by atoms with Crippen LogP contribution >= 0.6 is 0 Å². The molecule has 1 saturated heterocycles. The molecule has 2 aromatic rings. The number of carbonyl (C=O) groups excluding carboxylic acids is 2. The van der Waals surface area contributed by atoms with Gasteiger partial charge in [-0.25, -0.2) is 4.79 Å². The summed E-state index contributed by atoms with van der Waals surface area (Å²) in [5.74, 6) is -0.847. The van der Waals surface area contributed by atoms with Gasteiger partial charge in [0.1, 0.15) is 12.6 Å². The Morgan fingerprint density at radius 3 is 2.20 bits per heavy atom. The standard InChI is InChI=1S/C28H34N2O5/c1-2-3-12-25(27(33)30-15-13-19(14-16-30)17-26(31)32)29-28(34)35-18-24-22-10-6-4-8-20(22)21-9-5-7-11-23(21)24/h4-11,19,24-25H,2-3,12-18H2,1H3,(H,29,34)(H,31,32). The summed E-state index contributed by atoms with van der Waals surface area (Å²) in [5.41, 5.74) is 4.62. The normalized spacial score (nSPS) is 16.3. The molecule has 1 atom stereocenters. The zero-order valence-electron chi connectivity index (χ0n) is 20.2. The van der Waals surface area contributed by atoms with Gasteiger partial charge in [0.15, 0.2) is 0 Å². The van der Waals surface area contributed by atoms with Gasteiger partial charge in [-0.05, 0) is 47.4 Å². The van der Waals surface area contributed by atoms with Gasteiger partial charge in [-0.1, -0.05) is 68.3 Å². The highest BCUT2D eigenvalue weighted by atomic mass is 16.5. The van der Waals surface area contributed by atoms with E-state index in [4.69, 9.17) is 9.84 Å². The van der Waals surface area contributed by atoms with Crippen molar-refractivity contribution in [2.24, 2.45) is 5.92 Å². The van der Waals surface area contributed by atoms with Crippen LogP contribution in [0.2, 0.25) is 0 Å². The van der Waals surface area contributed by atoms with Crippen molar-refractivity contribution in [3.8, 4) is 11.1 Å². The van der Waals surface area contributed by atoms with Gasteiger partial charge >= 0.3 is 12.1 Å². The maximum atomic E-state index is 13.2. The van der Waals surface area contributed by atoms with Crippen LogP contribution in [0, 0.1) is 5.92 Å². The number of rotatable bonds is 9. The van der Waals surface area contributed by atoms with E-state index in [-0.39, 0.29) is 30.8 Å². The highest BCUT2D eigenvalue weighted by molar-refractivity contribution is 5.86. The number of hydrogen-bond donors (Lipinski definition) is 2. The number of alkyl carbamates (subject to hydrolysis) is 1. The van der Waals surface area contributed by atoms with Crippen molar-refractivity contribution in [1.82, 2.24) is 10.2 Å². The Hall–Kier alpha value is -3.35. The van der Waals surface area contributed by atoms with E-state index in [0.29, 0.717) is 32.4 Å². The second kappa shape index (κ2) is 11.4. The number of likely N-dealkylation sites (tertiary alicyclic amines) is 1. The van der Waals surface area contributed by atoms with Crippen LogP contribution in [0.25, 0.3) is 11.1 Å². The molecule has 7 nitrogen and oxygen atoms in total. The highest BCUT2D eigenvalue weighted by Gasteiger charge is 2.32. The first kappa shape index (κ1) is 24.8. The quantitative estimate of drug-likeness (QED) is 0.540.